The summed E-state index contributed by atoms with van der Waals surface area (Å²) in [5.41, 5.74) is -0.478. The van der Waals surface area contributed by atoms with Crippen molar-refractivity contribution in [2.24, 2.45) is 0 Å². The van der Waals surface area contributed by atoms with Crippen molar-refractivity contribution in [1.82, 2.24) is 0 Å². The minimum Gasteiger partial charge on any atom is -0.507 e. The Morgan fingerprint density at radius 3 is 2.66 bits per heavy atom. The molecule has 0 radical (unpaired) electrons. The van der Waals surface area contributed by atoms with Crippen LogP contribution in [0.15, 0.2) is 64.4 Å². The highest BCUT2D eigenvalue weighted by Gasteiger charge is 2.22. The van der Waals surface area contributed by atoms with Gasteiger partial charge in [-0.05, 0) is 50.3 Å². The van der Waals surface area contributed by atoms with Gasteiger partial charge >= 0.3 is 0 Å². The highest BCUT2D eigenvalue weighted by Crippen LogP contribution is 2.39. The normalized spacial score (nSPS) is 12.0. The summed E-state index contributed by atoms with van der Waals surface area (Å²) in [6.07, 6.45) is 5.30. The Balaban J connectivity index is 2.19. The predicted molar refractivity (Wildman–Crippen MR) is 113 cm³/mol. The number of hydrogen-bond donors (Lipinski definition) is 1. The fourth-order valence-corrected chi connectivity index (χ4v) is 2.81. The summed E-state index contributed by atoms with van der Waals surface area (Å²) in [6, 6.07) is 7.95. The first-order chi connectivity index (χ1) is 13.9. The van der Waals surface area contributed by atoms with Gasteiger partial charge in [-0.25, -0.2) is 0 Å². The van der Waals surface area contributed by atoms with Gasteiger partial charge in [0.15, 0.2) is 11.3 Å². The van der Waals surface area contributed by atoms with E-state index in [2.05, 4.69) is 6.58 Å². The van der Waals surface area contributed by atoms with Gasteiger partial charge in [0.2, 0.25) is 11.2 Å². The van der Waals surface area contributed by atoms with Crippen LogP contribution in [0.3, 0.4) is 0 Å². The molecule has 0 amide bonds. The van der Waals surface area contributed by atoms with Crippen LogP contribution < -0.4 is 14.9 Å². The fraction of sp³-hybridized carbons (Fsp3) is 0.261. The van der Waals surface area contributed by atoms with E-state index in [9.17, 15) is 9.90 Å². The lowest BCUT2D eigenvalue weighted by Gasteiger charge is -2.24. The van der Waals surface area contributed by atoms with Crippen molar-refractivity contribution in [3.8, 4) is 17.2 Å². The third-order valence-electron chi connectivity index (χ3n) is 4.38. The second-order valence-electron chi connectivity index (χ2n) is 7.00. The van der Waals surface area contributed by atoms with Gasteiger partial charge in [-0.3, -0.25) is 4.79 Å². The summed E-state index contributed by atoms with van der Waals surface area (Å²) in [7, 11) is 1.61. The van der Waals surface area contributed by atoms with Crippen molar-refractivity contribution in [3.05, 3.63) is 65.4 Å². The minimum atomic E-state index is -0.660. The molecule has 0 aliphatic rings. The van der Waals surface area contributed by atoms with Crippen molar-refractivity contribution in [3.63, 3.8) is 0 Å². The van der Waals surface area contributed by atoms with Crippen LogP contribution >= 0.6 is 0 Å². The molecule has 0 aliphatic heterocycles. The molecule has 3 aromatic rings. The Kier molecular flexibility index (Phi) is 5.94. The van der Waals surface area contributed by atoms with Gasteiger partial charge in [0, 0.05) is 7.11 Å². The number of fused-ring (bicyclic) bond motifs is 2. The van der Waals surface area contributed by atoms with Crippen LogP contribution in [0.1, 0.15) is 13.8 Å². The van der Waals surface area contributed by atoms with Crippen molar-refractivity contribution in [1.29, 1.82) is 0 Å². The average molecular weight is 396 g/mol. The summed E-state index contributed by atoms with van der Waals surface area (Å²) >= 11 is 0. The highest BCUT2D eigenvalue weighted by atomic mass is 16.5. The van der Waals surface area contributed by atoms with Gasteiger partial charge in [-0.2, -0.15) is 0 Å². The zero-order valence-corrected chi connectivity index (χ0v) is 16.7. The molecule has 0 aliphatic carbocycles. The third kappa shape index (κ3) is 4.27. The number of aromatic hydroxyl groups is 1. The molecule has 6 nitrogen and oxygen atoms in total. The molecular formula is C23H24O6. The standard InChI is InChI=1S/C23H24O6/c1-5-23(2,3)29-18-12-11-15-20(25)19-16(24)9-8-10-17(19)28-21(15)22(18)27-14-7-6-13-26-4/h5-12,24H,1,13-14H2,2-4H3/b7-6+. The van der Waals surface area contributed by atoms with E-state index >= 15 is 0 Å². The number of ether oxygens (including phenoxy) is 3. The number of hydrogen-bond acceptors (Lipinski definition) is 6. The SMILES string of the molecule is C=CC(C)(C)Oc1ccc2c(=O)c3c(O)cccc3oc2c1OC/C=C/COC. The Morgan fingerprint density at radius 1 is 1.17 bits per heavy atom. The van der Waals surface area contributed by atoms with Crippen molar-refractivity contribution < 1.29 is 23.7 Å². The lowest BCUT2D eigenvalue weighted by molar-refractivity contribution is 0.154. The number of benzene rings is 2. The topological polar surface area (TPSA) is 78.1 Å². The van der Waals surface area contributed by atoms with Crippen LogP contribution in [0.2, 0.25) is 0 Å². The van der Waals surface area contributed by atoms with Gasteiger partial charge in [0.05, 0.1) is 12.0 Å². The van der Waals surface area contributed by atoms with Gasteiger partial charge in [0.1, 0.15) is 28.9 Å². The molecule has 152 valence electrons. The van der Waals surface area contributed by atoms with E-state index in [1.165, 1.54) is 6.07 Å². The first kappa shape index (κ1) is 20.5. The van der Waals surface area contributed by atoms with Crippen LogP contribution in [0.5, 0.6) is 17.2 Å². The van der Waals surface area contributed by atoms with Crippen LogP contribution in [0, 0.1) is 0 Å². The van der Waals surface area contributed by atoms with Crippen LogP contribution in [0.4, 0.5) is 0 Å². The molecule has 0 unspecified atom stereocenters. The Bertz CT molecular complexity index is 1120. The lowest BCUT2D eigenvalue weighted by Crippen LogP contribution is -2.25. The van der Waals surface area contributed by atoms with Crippen molar-refractivity contribution in [2.75, 3.05) is 20.3 Å². The summed E-state index contributed by atoms with van der Waals surface area (Å²) in [5, 5.41) is 10.5. The quantitative estimate of drug-likeness (QED) is 0.444. The molecule has 0 fully saturated rings. The molecule has 0 atom stereocenters. The molecule has 0 bridgehead atoms. The first-order valence-electron chi connectivity index (χ1n) is 9.19. The predicted octanol–water partition coefficient (Wildman–Crippen LogP) is 4.58. The van der Waals surface area contributed by atoms with Crippen molar-refractivity contribution in [2.45, 2.75) is 19.4 Å². The van der Waals surface area contributed by atoms with E-state index < -0.39 is 5.60 Å². The summed E-state index contributed by atoms with van der Waals surface area (Å²) in [5.74, 6) is 0.600. The number of rotatable bonds is 8. The van der Waals surface area contributed by atoms with E-state index in [0.29, 0.717) is 23.5 Å². The average Bonchev–Trinajstić information content (AvgIpc) is 2.69. The van der Waals surface area contributed by atoms with E-state index in [0.717, 1.165) is 0 Å². The monoisotopic (exact) mass is 396 g/mol. The zero-order chi connectivity index (χ0) is 21.0. The first-order valence-corrected chi connectivity index (χ1v) is 9.19. The molecule has 1 aromatic heterocycles. The molecule has 1 heterocycles. The molecule has 29 heavy (non-hydrogen) atoms. The van der Waals surface area contributed by atoms with Gasteiger partial charge < -0.3 is 23.7 Å². The van der Waals surface area contributed by atoms with E-state index in [1.54, 1.807) is 43.5 Å². The zero-order valence-electron chi connectivity index (χ0n) is 16.7. The fourth-order valence-electron chi connectivity index (χ4n) is 2.81. The van der Waals surface area contributed by atoms with Crippen LogP contribution in [-0.2, 0) is 4.74 Å². The molecule has 6 heteroatoms. The minimum absolute atomic E-state index is 0.128. The number of phenols is 1. The van der Waals surface area contributed by atoms with E-state index in [4.69, 9.17) is 18.6 Å². The van der Waals surface area contributed by atoms with Gasteiger partial charge in [-0.15, -0.1) is 0 Å². The Hall–Kier alpha value is -3.25. The molecule has 0 saturated carbocycles. The smallest absolute Gasteiger partial charge is 0.205 e. The second kappa shape index (κ2) is 8.41. The second-order valence-corrected chi connectivity index (χ2v) is 7.00. The Morgan fingerprint density at radius 2 is 1.93 bits per heavy atom. The van der Waals surface area contributed by atoms with E-state index in [-0.39, 0.29) is 34.3 Å². The Labute approximate surface area is 168 Å². The molecular weight excluding hydrogens is 372 g/mol. The molecule has 3 rings (SSSR count). The maximum Gasteiger partial charge on any atom is 0.205 e. The maximum absolute atomic E-state index is 13.0. The van der Waals surface area contributed by atoms with E-state index in [1.807, 2.05) is 19.9 Å². The number of phenolic OH excluding ortho intramolecular Hbond substituents is 1. The maximum atomic E-state index is 13.0. The largest absolute Gasteiger partial charge is 0.507 e. The molecule has 1 N–H and O–H groups in total. The summed E-state index contributed by atoms with van der Waals surface area (Å²) in [6.45, 7) is 8.21. The number of methoxy groups -OCH3 is 1. The molecule has 0 spiro atoms. The summed E-state index contributed by atoms with van der Waals surface area (Å²) in [4.78, 5) is 13.0. The molecule has 2 aromatic carbocycles. The lowest BCUT2D eigenvalue weighted by atomic mass is 10.1. The van der Waals surface area contributed by atoms with Crippen LogP contribution in [-0.4, -0.2) is 31.0 Å². The van der Waals surface area contributed by atoms with Gasteiger partial charge in [0.25, 0.3) is 0 Å². The van der Waals surface area contributed by atoms with Crippen LogP contribution in [0.25, 0.3) is 21.9 Å². The highest BCUT2D eigenvalue weighted by molar-refractivity contribution is 5.96. The molecule has 0 saturated heterocycles. The summed E-state index contributed by atoms with van der Waals surface area (Å²) < 4.78 is 22.9. The third-order valence-corrected chi connectivity index (χ3v) is 4.38. The van der Waals surface area contributed by atoms with Crippen molar-refractivity contribution >= 4 is 21.9 Å². The van der Waals surface area contributed by atoms with Gasteiger partial charge in [-0.1, -0.05) is 18.7 Å².